The van der Waals surface area contributed by atoms with Gasteiger partial charge < -0.3 is 0 Å². The number of hydrogen-bond acceptors (Lipinski definition) is 0. The van der Waals surface area contributed by atoms with Crippen LogP contribution in [0.25, 0.3) is 65.3 Å². The molecule has 176 valence electrons. The molecule has 0 aliphatic heterocycles. The molecule has 0 saturated heterocycles. The zero-order valence-corrected chi connectivity index (χ0v) is 23.4. The summed E-state index contributed by atoms with van der Waals surface area (Å²) in [5.41, 5.74) is 6.31. The normalized spacial score (nSPS) is 11.6. The summed E-state index contributed by atoms with van der Waals surface area (Å²) < 4.78 is 2.17. The zero-order valence-electron chi connectivity index (χ0n) is 20.2. The zero-order chi connectivity index (χ0) is 25.1. The minimum absolute atomic E-state index is 1.09. The number of benzene rings is 7. The molecule has 0 heterocycles. The van der Waals surface area contributed by atoms with Gasteiger partial charge in [-0.15, -0.1) is 0 Å². The van der Waals surface area contributed by atoms with Crippen molar-refractivity contribution in [3.8, 4) is 22.3 Å². The quantitative estimate of drug-likeness (QED) is 0.136. The summed E-state index contributed by atoms with van der Waals surface area (Å²) in [6.45, 7) is 2.15. The molecule has 7 aromatic carbocycles. The monoisotopic (exact) mass is 600 g/mol. The van der Waals surface area contributed by atoms with Gasteiger partial charge in [-0.2, -0.15) is 0 Å². The van der Waals surface area contributed by atoms with Gasteiger partial charge in [-0.1, -0.05) is 128 Å². The highest BCUT2D eigenvalue weighted by Crippen LogP contribution is 2.48. The molecule has 0 amide bonds. The molecular formula is C35H22Br2. The minimum Gasteiger partial charge on any atom is -0.0622 e. The maximum atomic E-state index is 3.76. The molecule has 0 spiro atoms. The fourth-order valence-electron chi connectivity index (χ4n) is 5.73. The molecule has 0 atom stereocenters. The second-order valence-corrected chi connectivity index (χ2v) is 11.5. The maximum absolute atomic E-state index is 3.76. The van der Waals surface area contributed by atoms with E-state index in [9.17, 15) is 0 Å². The third-order valence-electron chi connectivity index (χ3n) is 7.41. The van der Waals surface area contributed by atoms with Crippen molar-refractivity contribution >= 4 is 74.9 Å². The van der Waals surface area contributed by atoms with Gasteiger partial charge in [0.25, 0.3) is 0 Å². The first-order valence-electron chi connectivity index (χ1n) is 12.4. The summed E-state index contributed by atoms with van der Waals surface area (Å²) in [5.74, 6) is 0. The SMILES string of the molecule is Cc1ccc(-c2c3ccc4ccc(Br)cc4c3c(-c3ccccc3)c3c2ccc2ccc(Br)cc23)cc1. The van der Waals surface area contributed by atoms with E-state index in [1.54, 1.807) is 0 Å². The van der Waals surface area contributed by atoms with Crippen LogP contribution in [0, 0.1) is 6.92 Å². The molecule has 0 radical (unpaired) electrons. The van der Waals surface area contributed by atoms with E-state index in [1.165, 1.54) is 70.9 Å². The average molecular weight is 602 g/mol. The van der Waals surface area contributed by atoms with Crippen molar-refractivity contribution < 1.29 is 0 Å². The van der Waals surface area contributed by atoms with Crippen molar-refractivity contribution in [3.63, 3.8) is 0 Å². The predicted molar refractivity (Wildman–Crippen MR) is 167 cm³/mol. The molecule has 0 saturated carbocycles. The molecule has 0 bridgehead atoms. The van der Waals surface area contributed by atoms with Crippen molar-refractivity contribution in [3.05, 3.63) is 130 Å². The van der Waals surface area contributed by atoms with Crippen LogP contribution in [0.1, 0.15) is 5.56 Å². The van der Waals surface area contributed by atoms with Gasteiger partial charge in [0.2, 0.25) is 0 Å². The van der Waals surface area contributed by atoms with E-state index in [-0.39, 0.29) is 0 Å². The third-order valence-corrected chi connectivity index (χ3v) is 8.40. The van der Waals surface area contributed by atoms with E-state index >= 15 is 0 Å². The van der Waals surface area contributed by atoms with Crippen LogP contribution in [0.5, 0.6) is 0 Å². The van der Waals surface area contributed by atoms with Crippen molar-refractivity contribution in [1.29, 1.82) is 0 Å². The molecule has 0 aliphatic rings. The Labute approximate surface area is 232 Å². The third kappa shape index (κ3) is 3.70. The Morgan fingerprint density at radius 1 is 0.432 bits per heavy atom. The highest BCUT2D eigenvalue weighted by atomic mass is 79.9. The van der Waals surface area contributed by atoms with Crippen LogP contribution in [0.3, 0.4) is 0 Å². The van der Waals surface area contributed by atoms with E-state index in [1.807, 2.05) is 0 Å². The fraction of sp³-hybridized carbons (Fsp3) is 0.0286. The van der Waals surface area contributed by atoms with Crippen molar-refractivity contribution in [2.24, 2.45) is 0 Å². The van der Waals surface area contributed by atoms with Crippen LogP contribution >= 0.6 is 31.9 Å². The second kappa shape index (κ2) is 8.83. The Kier molecular flexibility index (Phi) is 5.42. The Hall–Kier alpha value is -3.46. The Morgan fingerprint density at radius 3 is 1.46 bits per heavy atom. The average Bonchev–Trinajstić information content (AvgIpc) is 2.92. The topological polar surface area (TPSA) is 0 Å². The summed E-state index contributed by atoms with van der Waals surface area (Å²) >= 11 is 7.53. The molecular weight excluding hydrogens is 580 g/mol. The summed E-state index contributed by atoms with van der Waals surface area (Å²) in [6, 6.07) is 42.2. The van der Waals surface area contributed by atoms with E-state index in [2.05, 4.69) is 154 Å². The molecule has 0 nitrogen and oxygen atoms in total. The largest absolute Gasteiger partial charge is 0.0622 e. The number of rotatable bonds is 2. The lowest BCUT2D eigenvalue weighted by molar-refractivity contribution is 1.48. The number of hydrogen-bond donors (Lipinski definition) is 0. The van der Waals surface area contributed by atoms with E-state index in [0.717, 1.165) is 8.95 Å². The van der Waals surface area contributed by atoms with Crippen LogP contribution in [0.15, 0.2) is 124 Å². The van der Waals surface area contributed by atoms with Gasteiger partial charge in [-0.25, -0.2) is 0 Å². The molecule has 0 N–H and O–H groups in total. The maximum Gasteiger partial charge on any atom is 0.0181 e. The first kappa shape index (κ1) is 22.7. The number of halogens is 2. The van der Waals surface area contributed by atoms with Crippen molar-refractivity contribution in [1.82, 2.24) is 0 Å². The summed E-state index contributed by atoms with van der Waals surface area (Å²) in [7, 11) is 0. The lowest BCUT2D eigenvalue weighted by Gasteiger charge is -2.21. The molecule has 7 rings (SSSR count). The Bertz CT molecular complexity index is 1880. The first-order valence-corrected chi connectivity index (χ1v) is 14.0. The van der Waals surface area contributed by atoms with Crippen molar-refractivity contribution in [2.75, 3.05) is 0 Å². The lowest BCUT2D eigenvalue weighted by atomic mass is 9.82. The molecule has 7 aromatic rings. The molecule has 2 heteroatoms. The molecule has 0 fully saturated rings. The van der Waals surface area contributed by atoms with Gasteiger partial charge in [-0.05, 0) is 96.5 Å². The lowest BCUT2D eigenvalue weighted by Crippen LogP contribution is -1.93. The molecule has 0 unspecified atom stereocenters. The smallest absolute Gasteiger partial charge is 0.0181 e. The van der Waals surface area contributed by atoms with Crippen LogP contribution in [-0.4, -0.2) is 0 Å². The fourth-order valence-corrected chi connectivity index (χ4v) is 6.46. The second-order valence-electron chi connectivity index (χ2n) is 9.69. The number of aryl methyl sites for hydroxylation is 1. The van der Waals surface area contributed by atoms with Gasteiger partial charge in [0.05, 0.1) is 0 Å². The summed E-state index contributed by atoms with van der Waals surface area (Å²) in [5, 5.41) is 10.1. The molecule has 37 heavy (non-hydrogen) atoms. The highest BCUT2D eigenvalue weighted by Gasteiger charge is 2.20. The summed E-state index contributed by atoms with van der Waals surface area (Å²) in [4.78, 5) is 0. The van der Waals surface area contributed by atoms with E-state index in [0.29, 0.717) is 0 Å². The van der Waals surface area contributed by atoms with Crippen LogP contribution in [-0.2, 0) is 0 Å². The van der Waals surface area contributed by atoms with Crippen LogP contribution in [0.2, 0.25) is 0 Å². The highest BCUT2D eigenvalue weighted by molar-refractivity contribution is 9.10. The standard InChI is InChI=1S/C35H22Br2/c1-21-7-9-25(10-8-21)32-28-17-13-22-11-15-26(36)19-30(22)34(28)33(24-5-3-2-4-6-24)35-29(32)18-14-23-12-16-27(37)20-31(23)35/h2-20H,1H3. The van der Waals surface area contributed by atoms with Gasteiger partial charge in [-0.3, -0.25) is 0 Å². The van der Waals surface area contributed by atoms with Gasteiger partial charge in [0.15, 0.2) is 0 Å². The van der Waals surface area contributed by atoms with E-state index < -0.39 is 0 Å². The van der Waals surface area contributed by atoms with Crippen LogP contribution < -0.4 is 0 Å². The Balaban J connectivity index is 1.84. The van der Waals surface area contributed by atoms with Gasteiger partial charge in [0.1, 0.15) is 0 Å². The molecule has 0 aliphatic carbocycles. The van der Waals surface area contributed by atoms with Crippen LogP contribution in [0.4, 0.5) is 0 Å². The van der Waals surface area contributed by atoms with Gasteiger partial charge in [0, 0.05) is 8.95 Å². The molecule has 0 aromatic heterocycles. The Morgan fingerprint density at radius 2 is 0.919 bits per heavy atom. The number of fused-ring (bicyclic) bond motifs is 6. The van der Waals surface area contributed by atoms with Crippen molar-refractivity contribution in [2.45, 2.75) is 6.92 Å². The minimum atomic E-state index is 1.09. The predicted octanol–water partition coefficient (Wildman–Crippen LogP) is 11.5. The summed E-state index contributed by atoms with van der Waals surface area (Å²) in [6.07, 6.45) is 0. The van der Waals surface area contributed by atoms with Gasteiger partial charge >= 0.3 is 0 Å². The van der Waals surface area contributed by atoms with E-state index in [4.69, 9.17) is 0 Å². The first-order chi connectivity index (χ1) is 18.1.